The van der Waals surface area contributed by atoms with E-state index in [0.717, 1.165) is 16.1 Å². The molecule has 0 spiro atoms. The van der Waals surface area contributed by atoms with Gasteiger partial charge in [-0.25, -0.2) is 9.18 Å². The van der Waals surface area contributed by atoms with Gasteiger partial charge < -0.3 is 10.0 Å². The summed E-state index contributed by atoms with van der Waals surface area (Å²) in [6.45, 7) is 0.497. The van der Waals surface area contributed by atoms with Gasteiger partial charge in [0.05, 0.1) is 5.69 Å². The molecular formula is C15H13BrFNO2. The Kier molecular flexibility index (Phi) is 4.39. The van der Waals surface area contributed by atoms with Crippen LogP contribution in [0.4, 0.5) is 10.1 Å². The minimum absolute atomic E-state index is 0.299. The van der Waals surface area contributed by atoms with E-state index in [0.29, 0.717) is 12.2 Å². The van der Waals surface area contributed by atoms with Crippen molar-refractivity contribution in [3.8, 4) is 0 Å². The van der Waals surface area contributed by atoms with Gasteiger partial charge in [-0.15, -0.1) is 0 Å². The summed E-state index contributed by atoms with van der Waals surface area (Å²) >= 11 is 3.36. The molecule has 104 valence electrons. The number of rotatable bonds is 4. The van der Waals surface area contributed by atoms with Gasteiger partial charge in [0.1, 0.15) is 11.4 Å². The number of hydrogen-bond donors (Lipinski definition) is 1. The SMILES string of the molecule is CN(Cc1ccc(Br)cc1)c1cccc(F)c1C(=O)O. The van der Waals surface area contributed by atoms with Crippen LogP contribution in [0.15, 0.2) is 46.9 Å². The van der Waals surface area contributed by atoms with Crippen LogP contribution in [0.5, 0.6) is 0 Å². The minimum atomic E-state index is -1.26. The van der Waals surface area contributed by atoms with Crippen LogP contribution in [0.3, 0.4) is 0 Å². The van der Waals surface area contributed by atoms with Crippen molar-refractivity contribution in [1.82, 2.24) is 0 Å². The standard InChI is InChI=1S/C15H13BrFNO2/c1-18(9-10-5-7-11(16)8-6-10)13-4-2-3-12(17)14(13)15(19)20/h2-8H,9H2,1H3,(H,19,20). The van der Waals surface area contributed by atoms with Crippen molar-refractivity contribution in [2.45, 2.75) is 6.54 Å². The Morgan fingerprint density at radius 1 is 1.25 bits per heavy atom. The smallest absolute Gasteiger partial charge is 0.340 e. The Hall–Kier alpha value is -1.88. The molecule has 0 aromatic heterocycles. The molecule has 2 aromatic carbocycles. The second-order valence-corrected chi connectivity index (χ2v) is 5.34. The van der Waals surface area contributed by atoms with E-state index in [9.17, 15) is 9.18 Å². The van der Waals surface area contributed by atoms with Crippen molar-refractivity contribution in [2.75, 3.05) is 11.9 Å². The molecule has 0 aliphatic heterocycles. The van der Waals surface area contributed by atoms with Crippen LogP contribution in [0.25, 0.3) is 0 Å². The summed E-state index contributed by atoms with van der Waals surface area (Å²) < 4.78 is 14.6. The second kappa shape index (κ2) is 6.05. The van der Waals surface area contributed by atoms with Gasteiger partial charge in [0.25, 0.3) is 0 Å². The average Bonchev–Trinajstić information content (AvgIpc) is 2.40. The average molecular weight is 338 g/mol. The van der Waals surface area contributed by atoms with Crippen LogP contribution in [-0.2, 0) is 6.54 Å². The van der Waals surface area contributed by atoms with Gasteiger partial charge >= 0.3 is 5.97 Å². The molecule has 20 heavy (non-hydrogen) atoms. The molecule has 0 heterocycles. The second-order valence-electron chi connectivity index (χ2n) is 4.42. The van der Waals surface area contributed by atoms with E-state index >= 15 is 0 Å². The predicted octanol–water partition coefficient (Wildman–Crippen LogP) is 3.92. The molecule has 0 saturated carbocycles. The number of carbonyl (C=O) groups is 1. The molecule has 1 N–H and O–H groups in total. The Morgan fingerprint density at radius 2 is 1.90 bits per heavy atom. The predicted molar refractivity (Wildman–Crippen MR) is 79.6 cm³/mol. The lowest BCUT2D eigenvalue weighted by molar-refractivity contribution is 0.0692. The zero-order valence-electron chi connectivity index (χ0n) is 10.8. The van der Waals surface area contributed by atoms with Crippen LogP contribution < -0.4 is 4.90 Å². The van der Waals surface area contributed by atoms with Crippen LogP contribution in [0, 0.1) is 5.82 Å². The summed E-state index contributed by atoms with van der Waals surface area (Å²) in [6.07, 6.45) is 0. The monoisotopic (exact) mass is 337 g/mol. The van der Waals surface area contributed by atoms with E-state index in [4.69, 9.17) is 5.11 Å². The van der Waals surface area contributed by atoms with Crippen molar-refractivity contribution in [1.29, 1.82) is 0 Å². The first kappa shape index (κ1) is 14.5. The third-order valence-electron chi connectivity index (χ3n) is 2.95. The number of anilines is 1. The van der Waals surface area contributed by atoms with Crippen molar-refractivity contribution >= 4 is 27.6 Å². The molecule has 5 heteroatoms. The van der Waals surface area contributed by atoms with Crippen LogP contribution in [-0.4, -0.2) is 18.1 Å². The van der Waals surface area contributed by atoms with Crippen molar-refractivity contribution in [3.05, 3.63) is 63.9 Å². The normalized spacial score (nSPS) is 10.3. The maximum absolute atomic E-state index is 13.6. The highest BCUT2D eigenvalue weighted by Crippen LogP contribution is 2.24. The fourth-order valence-electron chi connectivity index (χ4n) is 1.99. The van der Waals surface area contributed by atoms with Crippen LogP contribution >= 0.6 is 15.9 Å². The third-order valence-corrected chi connectivity index (χ3v) is 3.48. The van der Waals surface area contributed by atoms with Crippen molar-refractivity contribution in [2.24, 2.45) is 0 Å². The number of hydrogen-bond acceptors (Lipinski definition) is 2. The van der Waals surface area contributed by atoms with Gasteiger partial charge in [-0.1, -0.05) is 34.1 Å². The van der Waals surface area contributed by atoms with Crippen molar-refractivity contribution in [3.63, 3.8) is 0 Å². The summed E-state index contributed by atoms with van der Waals surface area (Å²) in [5.74, 6) is -1.99. The molecule has 0 aliphatic rings. The summed E-state index contributed by atoms with van der Waals surface area (Å²) in [6, 6.07) is 11.9. The zero-order valence-corrected chi connectivity index (χ0v) is 12.4. The summed E-state index contributed by atoms with van der Waals surface area (Å²) in [7, 11) is 1.74. The molecule has 0 amide bonds. The Morgan fingerprint density at radius 3 is 2.50 bits per heavy atom. The molecule has 0 atom stereocenters. The first-order chi connectivity index (χ1) is 9.49. The number of benzene rings is 2. The molecular weight excluding hydrogens is 325 g/mol. The summed E-state index contributed by atoms with van der Waals surface area (Å²) in [4.78, 5) is 12.9. The Labute approximate surface area is 124 Å². The lowest BCUT2D eigenvalue weighted by atomic mass is 10.1. The number of carboxylic acids is 1. The van der Waals surface area contributed by atoms with Gasteiger partial charge in [-0.2, -0.15) is 0 Å². The van der Waals surface area contributed by atoms with Crippen LogP contribution in [0.1, 0.15) is 15.9 Å². The molecule has 0 unspecified atom stereocenters. The van der Waals surface area contributed by atoms with E-state index in [2.05, 4.69) is 15.9 Å². The quantitative estimate of drug-likeness (QED) is 0.919. The third kappa shape index (κ3) is 3.17. The fourth-order valence-corrected chi connectivity index (χ4v) is 2.26. The van der Waals surface area contributed by atoms with E-state index in [1.165, 1.54) is 6.07 Å². The van der Waals surface area contributed by atoms with Crippen molar-refractivity contribution < 1.29 is 14.3 Å². The summed E-state index contributed by atoms with van der Waals surface area (Å²) in [5.41, 5.74) is 1.07. The highest BCUT2D eigenvalue weighted by Gasteiger charge is 2.18. The lowest BCUT2D eigenvalue weighted by Gasteiger charge is -2.21. The highest BCUT2D eigenvalue weighted by molar-refractivity contribution is 9.10. The largest absolute Gasteiger partial charge is 0.478 e. The molecule has 2 rings (SSSR count). The molecule has 0 aliphatic carbocycles. The Bertz CT molecular complexity index is 628. The first-order valence-electron chi connectivity index (χ1n) is 5.96. The maximum Gasteiger partial charge on any atom is 0.340 e. The molecule has 0 saturated heterocycles. The first-order valence-corrected chi connectivity index (χ1v) is 6.75. The molecule has 0 fully saturated rings. The van der Waals surface area contributed by atoms with Crippen LogP contribution in [0.2, 0.25) is 0 Å². The van der Waals surface area contributed by atoms with Gasteiger partial charge in [-0.3, -0.25) is 0 Å². The van der Waals surface area contributed by atoms with Gasteiger partial charge in [0, 0.05) is 18.1 Å². The number of halogens is 2. The van der Waals surface area contributed by atoms with E-state index < -0.39 is 11.8 Å². The van der Waals surface area contributed by atoms with Gasteiger partial charge in [-0.05, 0) is 29.8 Å². The lowest BCUT2D eigenvalue weighted by Crippen LogP contribution is -2.20. The molecule has 2 aromatic rings. The number of nitrogens with zero attached hydrogens (tertiary/aromatic N) is 1. The zero-order chi connectivity index (χ0) is 14.7. The highest BCUT2D eigenvalue weighted by atomic mass is 79.9. The van der Waals surface area contributed by atoms with Gasteiger partial charge in [0.15, 0.2) is 0 Å². The molecule has 3 nitrogen and oxygen atoms in total. The molecule has 0 bridgehead atoms. The number of aromatic carboxylic acids is 1. The fraction of sp³-hybridized carbons (Fsp3) is 0.133. The van der Waals surface area contributed by atoms with E-state index in [1.807, 2.05) is 24.3 Å². The maximum atomic E-state index is 13.6. The Balaban J connectivity index is 2.29. The minimum Gasteiger partial charge on any atom is -0.478 e. The van der Waals surface area contributed by atoms with E-state index in [1.54, 1.807) is 18.0 Å². The topological polar surface area (TPSA) is 40.5 Å². The van der Waals surface area contributed by atoms with Gasteiger partial charge in [0.2, 0.25) is 0 Å². The van der Waals surface area contributed by atoms with E-state index in [-0.39, 0.29) is 5.56 Å². The summed E-state index contributed by atoms with van der Waals surface area (Å²) in [5, 5.41) is 9.12. The number of carboxylic acid groups (broad SMARTS) is 1. The molecule has 0 radical (unpaired) electrons.